The molecule has 0 aliphatic carbocycles. The second kappa shape index (κ2) is 4.79. The van der Waals surface area contributed by atoms with E-state index in [0.29, 0.717) is 0 Å². The van der Waals surface area contributed by atoms with Gasteiger partial charge in [-0.25, -0.2) is 4.98 Å². The molecular formula is C11H16N4. The summed E-state index contributed by atoms with van der Waals surface area (Å²) in [5.74, 6) is 1.12. The van der Waals surface area contributed by atoms with Gasteiger partial charge in [0.25, 0.3) is 0 Å². The monoisotopic (exact) mass is 204 g/mol. The Labute approximate surface area is 89.3 Å². The fraction of sp³-hybridized carbons (Fsp3) is 0.364. The lowest BCUT2D eigenvalue weighted by Crippen LogP contribution is -2.17. The second-order valence-electron chi connectivity index (χ2n) is 3.60. The highest BCUT2D eigenvalue weighted by Gasteiger charge is 1.98. The van der Waals surface area contributed by atoms with E-state index in [9.17, 15) is 0 Å². The molecule has 0 spiro atoms. The number of H-pyrrole nitrogens is 1. The number of aryl methyl sites for hydroxylation is 1. The van der Waals surface area contributed by atoms with Crippen molar-refractivity contribution < 1.29 is 0 Å². The van der Waals surface area contributed by atoms with Crippen LogP contribution in [0, 0.1) is 0 Å². The minimum atomic E-state index is 0.911. The van der Waals surface area contributed by atoms with E-state index in [-0.39, 0.29) is 0 Å². The van der Waals surface area contributed by atoms with E-state index in [4.69, 9.17) is 0 Å². The van der Waals surface area contributed by atoms with Gasteiger partial charge < -0.3 is 14.9 Å². The van der Waals surface area contributed by atoms with E-state index in [0.717, 1.165) is 25.3 Å². The number of hydrogen-bond acceptors (Lipinski definition) is 2. The maximum absolute atomic E-state index is 4.27. The average molecular weight is 204 g/mol. The molecule has 2 N–H and O–H groups in total. The summed E-state index contributed by atoms with van der Waals surface area (Å²) in [4.78, 5) is 7.30. The molecule has 4 heteroatoms. The summed E-state index contributed by atoms with van der Waals surface area (Å²) >= 11 is 0. The van der Waals surface area contributed by atoms with Gasteiger partial charge in [-0.05, 0) is 11.6 Å². The Bertz CT molecular complexity index is 388. The van der Waals surface area contributed by atoms with Crippen molar-refractivity contribution in [2.45, 2.75) is 13.0 Å². The summed E-state index contributed by atoms with van der Waals surface area (Å²) < 4.78 is 2.05. The van der Waals surface area contributed by atoms with Crippen LogP contribution in [0.3, 0.4) is 0 Å². The molecule has 0 atom stereocenters. The summed E-state index contributed by atoms with van der Waals surface area (Å²) in [7, 11) is 2.02. The highest BCUT2D eigenvalue weighted by atomic mass is 15.0. The Morgan fingerprint density at radius 3 is 3.13 bits per heavy atom. The molecule has 80 valence electrons. The van der Waals surface area contributed by atoms with E-state index < -0.39 is 0 Å². The molecule has 4 nitrogen and oxygen atoms in total. The molecule has 0 aromatic carbocycles. The van der Waals surface area contributed by atoms with E-state index in [1.807, 2.05) is 31.8 Å². The number of nitrogens with zero attached hydrogens (tertiary/aromatic N) is 2. The van der Waals surface area contributed by atoms with E-state index >= 15 is 0 Å². The van der Waals surface area contributed by atoms with Gasteiger partial charge in [-0.3, -0.25) is 0 Å². The Kier molecular flexibility index (Phi) is 3.19. The van der Waals surface area contributed by atoms with Crippen molar-refractivity contribution in [3.05, 3.63) is 42.2 Å². The predicted octanol–water partition coefficient (Wildman–Crippen LogP) is 1.08. The first-order valence-electron chi connectivity index (χ1n) is 5.15. The van der Waals surface area contributed by atoms with Gasteiger partial charge in [0, 0.05) is 51.3 Å². The van der Waals surface area contributed by atoms with Crippen molar-refractivity contribution >= 4 is 0 Å². The van der Waals surface area contributed by atoms with Crippen LogP contribution in [-0.2, 0) is 20.0 Å². The third kappa shape index (κ3) is 2.70. The molecule has 15 heavy (non-hydrogen) atoms. The van der Waals surface area contributed by atoms with Crippen LogP contribution in [0.5, 0.6) is 0 Å². The molecule has 0 bridgehead atoms. The van der Waals surface area contributed by atoms with Crippen LogP contribution in [0.25, 0.3) is 0 Å². The topological polar surface area (TPSA) is 45.6 Å². The number of hydrogen-bond donors (Lipinski definition) is 2. The van der Waals surface area contributed by atoms with Gasteiger partial charge in [-0.1, -0.05) is 0 Å². The SMILES string of the molecule is Cn1ccnc1CCNCc1cc[nH]c1. The smallest absolute Gasteiger partial charge is 0.109 e. The molecule has 0 radical (unpaired) electrons. The number of aromatic nitrogens is 3. The molecule has 0 aliphatic rings. The Balaban J connectivity index is 1.70. The van der Waals surface area contributed by atoms with E-state index in [1.165, 1.54) is 5.56 Å². The van der Waals surface area contributed by atoms with Crippen molar-refractivity contribution in [2.75, 3.05) is 6.54 Å². The third-order valence-electron chi connectivity index (χ3n) is 2.44. The van der Waals surface area contributed by atoms with Gasteiger partial charge in [0.05, 0.1) is 0 Å². The number of rotatable bonds is 5. The van der Waals surface area contributed by atoms with Crippen molar-refractivity contribution in [3.8, 4) is 0 Å². The summed E-state index contributed by atoms with van der Waals surface area (Å²) in [5, 5.41) is 3.38. The molecule has 0 saturated heterocycles. The molecule has 2 heterocycles. The van der Waals surface area contributed by atoms with Crippen LogP contribution < -0.4 is 5.32 Å². The summed E-state index contributed by atoms with van der Waals surface area (Å²) in [6.45, 7) is 1.87. The molecular weight excluding hydrogens is 188 g/mol. The van der Waals surface area contributed by atoms with Crippen LogP contribution in [0.4, 0.5) is 0 Å². The van der Waals surface area contributed by atoms with Gasteiger partial charge in [0.2, 0.25) is 0 Å². The molecule has 2 aromatic rings. The largest absolute Gasteiger partial charge is 0.367 e. The van der Waals surface area contributed by atoms with Gasteiger partial charge in [-0.15, -0.1) is 0 Å². The first-order valence-corrected chi connectivity index (χ1v) is 5.15. The number of aromatic amines is 1. The third-order valence-corrected chi connectivity index (χ3v) is 2.44. The van der Waals surface area contributed by atoms with Gasteiger partial charge in [0.1, 0.15) is 5.82 Å². The van der Waals surface area contributed by atoms with Crippen LogP contribution >= 0.6 is 0 Å². The van der Waals surface area contributed by atoms with Crippen LogP contribution in [-0.4, -0.2) is 21.1 Å². The van der Waals surface area contributed by atoms with Gasteiger partial charge >= 0.3 is 0 Å². The average Bonchev–Trinajstić information content (AvgIpc) is 2.85. The lowest BCUT2D eigenvalue weighted by molar-refractivity contribution is 0.655. The van der Waals surface area contributed by atoms with Crippen molar-refractivity contribution in [2.24, 2.45) is 7.05 Å². The van der Waals surface area contributed by atoms with Crippen molar-refractivity contribution in [1.82, 2.24) is 19.9 Å². The summed E-state index contributed by atoms with van der Waals surface area (Å²) in [6, 6.07) is 2.08. The first kappa shape index (κ1) is 9.98. The molecule has 2 aromatic heterocycles. The lowest BCUT2D eigenvalue weighted by Gasteiger charge is -2.03. The molecule has 0 aliphatic heterocycles. The van der Waals surface area contributed by atoms with Crippen LogP contribution in [0.2, 0.25) is 0 Å². The van der Waals surface area contributed by atoms with Crippen LogP contribution in [0.1, 0.15) is 11.4 Å². The molecule has 0 unspecified atom stereocenters. The zero-order valence-corrected chi connectivity index (χ0v) is 8.90. The Morgan fingerprint density at radius 1 is 1.53 bits per heavy atom. The van der Waals surface area contributed by atoms with Crippen LogP contribution in [0.15, 0.2) is 30.9 Å². The van der Waals surface area contributed by atoms with Crippen molar-refractivity contribution in [1.29, 1.82) is 0 Å². The van der Waals surface area contributed by atoms with Gasteiger partial charge in [0.15, 0.2) is 0 Å². The Hall–Kier alpha value is -1.55. The maximum atomic E-state index is 4.27. The quantitative estimate of drug-likeness (QED) is 0.716. The second-order valence-corrected chi connectivity index (χ2v) is 3.60. The lowest BCUT2D eigenvalue weighted by atomic mass is 10.3. The minimum Gasteiger partial charge on any atom is -0.367 e. The summed E-state index contributed by atoms with van der Waals surface area (Å²) in [6.07, 6.45) is 8.72. The fourth-order valence-electron chi connectivity index (χ4n) is 1.54. The number of nitrogens with one attached hydrogen (secondary N) is 2. The zero-order valence-electron chi connectivity index (χ0n) is 8.90. The molecule has 0 saturated carbocycles. The number of imidazole rings is 1. The highest BCUT2D eigenvalue weighted by molar-refractivity contribution is 5.07. The zero-order chi connectivity index (χ0) is 10.5. The van der Waals surface area contributed by atoms with Crippen molar-refractivity contribution in [3.63, 3.8) is 0 Å². The molecule has 0 amide bonds. The summed E-state index contributed by atoms with van der Waals surface area (Å²) in [5.41, 5.74) is 1.29. The molecule has 0 fully saturated rings. The minimum absolute atomic E-state index is 0.911. The standard InChI is InChI=1S/C11H16N4/c1-15-7-6-14-11(15)3-5-13-9-10-2-4-12-8-10/h2,4,6-8,12-13H,3,5,9H2,1H3. The predicted molar refractivity (Wildman–Crippen MR) is 59.4 cm³/mol. The molecule has 2 rings (SSSR count). The van der Waals surface area contributed by atoms with E-state index in [2.05, 4.69) is 25.9 Å². The van der Waals surface area contributed by atoms with E-state index in [1.54, 1.807) is 0 Å². The normalized spacial score (nSPS) is 10.7. The Morgan fingerprint density at radius 2 is 2.47 bits per heavy atom. The highest BCUT2D eigenvalue weighted by Crippen LogP contribution is 1.96. The van der Waals surface area contributed by atoms with Gasteiger partial charge in [-0.2, -0.15) is 0 Å². The maximum Gasteiger partial charge on any atom is 0.109 e. The first-order chi connectivity index (χ1) is 7.36. The fourth-order valence-corrected chi connectivity index (χ4v) is 1.54.